The zero-order valence-electron chi connectivity index (χ0n) is 8.63. The topological polar surface area (TPSA) is 50.2 Å². The fraction of sp³-hybridized carbons (Fsp3) is 0.400. The van der Waals surface area contributed by atoms with Crippen LogP contribution in [0.15, 0.2) is 18.5 Å². The molecule has 1 aliphatic rings. The van der Waals surface area contributed by atoms with Gasteiger partial charge in [0.2, 0.25) is 0 Å². The summed E-state index contributed by atoms with van der Waals surface area (Å²) in [6.07, 6.45) is -4.73. The van der Waals surface area contributed by atoms with Gasteiger partial charge in [-0.1, -0.05) is 0 Å². The highest BCUT2D eigenvalue weighted by Gasteiger charge is 2.78. The van der Waals surface area contributed by atoms with E-state index < -0.39 is 41.0 Å². The largest absolute Gasteiger partial charge is 0.480 e. The van der Waals surface area contributed by atoms with E-state index in [4.69, 9.17) is 5.11 Å². The first-order valence-electron chi connectivity index (χ1n) is 4.76. The second-order valence-electron chi connectivity index (χ2n) is 4.01. The van der Waals surface area contributed by atoms with E-state index in [1.54, 1.807) is 0 Å². The van der Waals surface area contributed by atoms with Gasteiger partial charge in [0.25, 0.3) is 5.92 Å². The molecular formula is C10H6F5NO2. The van der Waals surface area contributed by atoms with E-state index in [9.17, 15) is 26.7 Å². The minimum atomic E-state index is -4.90. The Morgan fingerprint density at radius 3 is 2.33 bits per heavy atom. The number of alkyl halides is 5. The van der Waals surface area contributed by atoms with Crippen molar-refractivity contribution in [3.05, 3.63) is 29.6 Å². The van der Waals surface area contributed by atoms with Crippen LogP contribution in [0.1, 0.15) is 17.5 Å². The number of pyridine rings is 1. The molecule has 1 heterocycles. The number of rotatable bonds is 2. The third-order valence-electron chi connectivity index (χ3n) is 2.94. The quantitative estimate of drug-likeness (QED) is 0.837. The van der Waals surface area contributed by atoms with E-state index in [1.165, 1.54) is 0 Å². The van der Waals surface area contributed by atoms with Gasteiger partial charge in [0, 0.05) is 24.4 Å². The smallest absolute Gasteiger partial charge is 0.416 e. The van der Waals surface area contributed by atoms with Crippen molar-refractivity contribution in [3.63, 3.8) is 0 Å². The van der Waals surface area contributed by atoms with Crippen molar-refractivity contribution in [2.45, 2.75) is 23.9 Å². The fourth-order valence-corrected chi connectivity index (χ4v) is 1.91. The number of carboxylic acid groups (broad SMARTS) is 1. The molecule has 1 unspecified atom stereocenters. The van der Waals surface area contributed by atoms with Gasteiger partial charge in [0.05, 0.1) is 5.56 Å². The monoisotopic (exact) mass is 267 g/mol. The van der Waals surface area contributed by atoms with E-state index in [0.29, 0.717) is 12.3 Å². The summed E-state index contributed by atoms with van der Waals surface area (Å²) in [6.45, 7) is 0. The van der Waals surface area contributed by atoms with Crippen LogP contribution in [0.4, 0.5) is 22.0 Å². The minimum Gasteiger partial charge on any atom is -0.480 e. The van der Waals surface area contributed by atoms with Crippen molar-refractivity contribution in [2.24, 2.45) is 0 Å². The summed E-state index contributed by atoms with van der Waals surface area (Å²) < 4.78 is 64.3. The molecule has 0 radical (unpaired) electrons. The summed E-state index contributed by atoms with van der Waals surface area (Å²) in [4.78, 5) is 14.2. The molecule has 18 heavy (non-hydrogen) atoms. The van der Waals surface area contributed by atoms with Crippen LogP contribution in [0, 0.1) is 0 Å². The van der Waals surface area contributed by atoms with Crippen LogP contribution in [-0.4, -0.2) is 22.0 Å². The highest BCUT2D eigenvalue weighted by molar-refractivity contribution is 5.88. The maximum atomic E-state index is 13.2. The molecule has 8 heteroatoms. The third-order valence-corrected chi connectivity index (χ3v) is 2.94. The Bertz CT molecular complexity index is 513. The maximum Gasteiger partial charge on any atom is 0.416 e. The Morgan fingerprint density at radius 2 is 1.94 bits per heavy atom. The van der Waals surface area contributed by atoms with E-state index in [2.05, 4.69) is 4.98 Å². The van der Waals surface area contributed by atoms with E-state index in [0.717, 1.165) is 6.20 Å². The molecule has 0 amide bonds. The summed E-state index contributed by atoms with van der Waals surface area (Å²) in [5, 5.41) is 8.81. The highest BCUT2D eigenvalue weighted by atomic mass is 19.4. The predicted octanol–water partition coefficient (Wildman–Crippen LogP) is 2.46. The van der Waals surface area contributed by atoms with Crippen molar-refractivity contribution in [1.82, 2.24) is 4.98 Å². The van der Waals surface area contributed by atoms with Gasteiger partial charge in [-0.3, -0.25) is 9.78 Å². The Labute approximate surface area is 97.3 Å². The standard InChI is InChI=1S/C10H6F5NO2/c11-9(12)4-8(9,7(17)18)6-3-16-2-1-5(6)10(13,14)15/h1-3H,4H2,(H,17,18). The average Bonchev–Trinajstić information content (AvgIpc) is 2.82. The zero-order chi connectivity index (χ0) is 13.8. The maximum absolute atomic E-state index is 13.2. The van der Waals surface area contributed by atoms with Gasteiger partial charge in [-0.15, -0.1) is 0 Å². The molecule has 1 aromatic heterocycles. The number of aromatic nitrogens is 1. The second-order valence-corrected chi connectivity index (χ2v) is 4.01. The van der Waals surface area contributed by atoms with E-state index in [1.807, 2.05) is 0 Å². The predicted molar refractivity (Wildman–Crippen MR) is 48.1 cm³/mol. The lowest BCUT2D eigenvalue weighted by molar-refractivity contribution is -0.145. The molecule has 2 rings (SSSR count). The van der Waals surface area contributed by atoms with Crippen LogP contribution in [-0.2, 0) is 16.4 Å². The van der Waals surface area contributed by atoms with Crippen molar-refractivity contribution in [1.29, 1.82) is 0 Å². The van der Waals surface area contributed by atoms with Gasteiger partial charge in [-0.05, 0) is 6.07 Å². The molecule has 0 spiro atoms. The first-order chi connectivity index (χ1) is 8.13. The molecule has 1 aliphatic carbocycles. The molecule has 0 saturated heterocycles. The molecule has 0 aromatic carbocycles. The lowest BCUT2D eigenvalue weighted by atomic mass is 9.92. The highest BCUT2D eigenvalue weighted by Crippen LogP contribution is 2.63. The summed E-state index contributed by atoms with van der Waals surface area (Å²) in [5.74, 6) is -5.67. The number of hydrogen-bond donors (Lipinski definition) is 1. The van der Waals surface area contributed by atoms with Gasteiger partial charge in [-0.2, -0.15) is 13.2 Å². The Hall–Kier alpha value is -1.73. The number of nitrogens with zero attached hydrogens (tertiary/aromatic N) is 1. The summed E-state index contributed by atoms with van der Waals surface area (Å²) >= 11 is 0. The van der Waals surface area contributed by atoms with Gasteiger partial charge in [0.1, 0.15) is 0 Å². The Morgan fingerprint density at radius 1 is 1.39 bits per heavy atom. The van der Waals surface area contributed by atoms with Crippen LogP contribution in [0.3, 0.4) is 0 Å². The summed E-state index contributed by atoms with van der Waals surface area (Å²) in [7, 11) is 0. The van der Waals surface area contributed by atoms with Gasteiger partial charge >= 0.3 is 12.1 Å². The number of carboxylic acids is 1. The van der Waals surface area contributed by atoms with Crippen molar-refractivity contribution >= 4 is 5.97 Å². The molecule has 1 N–H and O–H groups in total. The van der Waals surface area contributed by atoms with Crippen LogP contribution >= 0.6 is 0 Å². The lowest BCUT2D eigenvalue weighted by Gasteiger charge is -2.17. The van der Waals surface area contributed by atoms with Crippen LogP contribution in [0.25, 0.3) is 0 Å². The van der Waals surface area contributed by atoms with Gasteiger partial charge in [-0.25, -0.2) is 8.78 Å². The van der Waals surface area contributed by atoms with E-state index >= 15 is 0 Å². The Kier molecular flexibility index (Phi) is 2.40. The van der Waals surface area contributed by atoms with Crippen molar-refractivity contribution < 1.29 is 31.9 Å². The number of carbonyl (C=O) groups is 1. The van der Waals surface area contributed by atoms with Gasteiger partial charge in [0.15, 0.2) is 5.41 Å². The van der Waals surface area contributed by atoms with Gasteiger partial charge < -0.3 is 5.11 Å². The molecule has 3 nitrogen and oxygen atoms in total. The molecule has 1 saturated carbocycles. The molecule has 98 valence electrons. The Balaban J connectivity index is 2.63. The second kappa shape index (κ2) is 3.39. The molecule has 1 fully saturated rings. The summed E-state index contributed by atoms with van der Waals surface area (Å²) in [5.41, 5.74) is -5.20. The molecular weight excluding hydrogens is 261 g/mol. The third kappa shape index (κ3) is 1.55. The minimum absolute atomic E-state index is 0.494. The normalized spacial score (nSPS) is 25.8. The molecule has 1 atom stereocenters. The first kappa shape index (κ1) is 12.7. The SMILES string of the molecule is O=C(O)C1(c2cnccc2C(F)(F)F)CC1(F)F. The average molecular weight is 267 g/mol. The van der Waals surface area contributed by atoms with Crippen LogP contribution in [0.5, 0.6) is 0 Å². The van der Waals surface area contributed by atoms with Crippen molar-refractivity contribution in [3.8, 4) is 0 Å². The number of hydrogen-bond acceptors (Lipinski definition) is 2. The zero-order valence-corrected chi connectivity index (χ0v) is 8.63. The number of aliphatic carboxylic acids is 1. The van der Waals surface area contributed by atoms with Crippen LogP contribution in [0.2, 0.25) is 0 Å². The fourth-order valence-electron chi connectivity index (χ4n) is 1.91. The molecule has 1 aromatic rings. The molecule has 0 aliphatic heterocycles. The molecule has 0 bridgehead atoms. The number of halogens is 5. The van der Waals surface area contributed by atoms with Crippen molar-refractivity contribution in [2.75, 3.05) is 0 Å². The van der Waals surface area contributed by atoms with Crippen LogP contribution < -0.4 is 0 Å². The first-order valence-corrected chi connectivity index (χ1v) is 4.76. The summed E-state index contributed by atoms with van der Waals surface area (Å²) in [6, 6.07) is 0.494. The van der Waals surface area contributed by atoms with E-state index in [-0.39, 0.29) is 0 Å². The lowest BCUT2D eigenvalue weighted by Crippen LogP contribution is -2.30.